The first-order chi connectivity index (χ1) is 8.66. The number of hydrogen-bond acceptors (Lipinski definition) is 3. The lowest BCUT2D eigenvalue weighted by molar-refractivity contribution is 0.109. The normalized spacial score (nSPS) is 29.8. The molecule has 1 N–H and O–H groups in total. The number of hydrogen-bond donors (Lipinski definition) is 1. The molecule has 18 heavy (non-hydrogen) atoms. The molecule has 1 fully saturated rings. The molecular weight excluding hydrogens is 222 g/mol. The van der Waals surface area contributed by atoms with Crippen molar-refractivity contribution >= 4 is 0 Å². The van der Waals surface area contributed by atoms with Crippen LogP contribution >= 0.6 is 0 Å². The van der Waals surface area contributed by atoms with Crippen molar-refractivity contribution in [1.29, 1.82) is 0 Å². The van der Waals surface area contributed by atoms with E-state index in [0.717, 1.165) is 13.1 Å². The first-order valence-electron chi connectivity index (χ1n) is 7.11. The Morgan fingerprint density at radius 1 is 1.33 bits per heavy atom. The lowest BCUT2D eigenvalue weighted by atomic mass is 10.0. The Balaban J connectivity index is 1.63. The lowest BCUT2D eigenvalue weighted by Crippen LogP contribution is -2.50. The molecule has 1 saturated heterocycles. The average Bonchev–Trinajstić information content (AvgIpc) is 2.75. The third-order valence-corrected chi connectivity index (χ3v) is 4.29. The number of piperazine rings is 1. The summed E-state index contributed by atoms with van der Waals surface area (Å²) in [5.41, 5.74) is 1.48. The van der Waals surface area contributed by atoms with E-state index in [1.807, 2.05) is 0 Å². The van der Waals surface area contributed by atoms with Crippen molar-refractivity contribution in [3.63, 3.8) is 0 Å². The van der Waals surface area contributed by atoms with Gasteiger partial charge in [-0.15, -0.1) is 0 Å². The average molecular weight is 249 g/mol. The van der Waals surface area contributed by atoms with Crippen molar-refractivity contribution in [3.8, 4) is 0 Å². The van der Waals surface area contributed by atoms with Gasteiger partial charge < -0.3 is 15.1 Å². The van der Waals surface area contributed by atoms with Gasteiger partial charge in [-0.1, -0.05) is 23.8 Å². The van der Waals surface area contributed by atoms with Crippen LogP contribution in [-0.4, -0.2) is 62.7 Å². The fraction of sp³-hybridized carbons (Fsp3) is 0.733. The highest BCUT2D eigenvalue weighted by Crippen LogP contribution is 2.17. The van der Waals surface area contributed by atoms with Crippen LogP contribution in [0, 0.1) is 5.92 Å². The summed E-state index contributed by atoms with van der Waals surface area (Å²) in [6.45, 7) is 8.05. The second-order valence-corrected chi connectivity index (χ2v) is 5.79. The molecule has 2 rings (SSSR count). The van der Waals surface area contributed by atoms with Crippen molar-refractivity contribution in [2.24, 2.45) is 5.92 Å². The van der Waals surface area contributed by atoms with Gasteiger partial charge in [-0.25, -0.2) is 0 Å². The molecule has 3 nitrogen and oxygen atoms in total. The minimum absolute atomic E-state index is 0.622. The van der Waals surface area contributed by atoms with Crippen molar-refractivity contribution < 1.29 is 0 Å². The highest BCUT2D eigenvalue weighted by Gasteiger charge is 2.21. The first-order valence-corrected chi connectivity index (χ1v) is 7.11. The predicted molar refractivity (Wildman–Crippen MR) is 77.8 cm³/mol. The van der Waals surface area contributed by atoms with Gasteiger partial charge in [0, 0.05) is 38.1 Å². The highest BCUT2D eigenvalue weighted by atomic mass is 15.3. The minimum Gasteiger partial charge on any atom is -0.316 e. The van der Waals surface area contributed by atoms with Gasteiger partial charge in [-0.2, -0.15) is 0 Å². The van der Waals surface area contributed by atoms with Gasteiger partial charge >= 0.3 is 0 Å². The zero-order valence-corrected chi connectivity index (χ0v) is 12.0. The Morgan fingerprint density at radius 3 is 2.89 bits per heavy atom. The van der Waals surface area contributed by atoms with Crippen LogP contribution < -0.4 is 5.32 Å². The molecule has 2 atom stereocenters. The molecule has 1 aliphatic carbocycles. The Bertz CT molecular complexity index is 322. The second kappa shape index (κ2) is 6.50. The molecule has 0 aromatic carbocycles. The molecule has 0 saturated carbocycles. The van der Waals surface area contributed by atoms with Crippen LogP contribution in [0.4, 0.5) is 0 Å². The fourth-order valence-electron chi connectivity index (χ4n) is 2.79. The molecule has 0 bridgehead atoms. The number of likely N-dealkylation sites (N-methyl/N-ethyl adjacent to an activating group) is 2. The molecule has 1 heterocycles. The summed E-state index contributed by atoms with van der Waals surface area (Å²) in [6.07, 6.45) is 7.94. The van der Waals surface area contributed by atoms with Gasteiger partial charge in [0.1, 0.15) is 0 Å². The summed E-state index contributed by atoms with van der Waals surface area (Å²) in [7, 11) is 4.48. The van der Waals surface area contributed by atoms with Crippen LogP contribution in [0.1, 0.15) is 13.3 Å². The zero-order valence-electron chi connectivity index (χ0n) is 12.0. The van der Waals surface area contributed by atoms with Gasteiger partial charge in [0.2, 0.25) is 0 Å². The fourth-order valence-corrected chi connectivity index (χ4v) is 2.79. The Labute approximate surface area is 112 Å². The predicted octanol–water partition coefficient (Wildman–Crippen LogP) is 1.34. The molecule has 2 unspecified atom stereocenters. The monoisotopic (exact) mass is 249 g/mol. The van der Waals surface area contributed by atoms with E-state index in [0.29, 0.717) is 12.0 Å². The molecule has 1 aliphatic heterocycles. The van der Waals surface area contributed by atoms with Crippen molar-refractivity contribution in [2.75, 3.05) is 46.8 Å². The minimum atomic E-state index is 0.622. The van der Waals surface area contributed by atoms with Crippen molar-refractivity contribution in [1.82, 2.24) is 15.1 Å². The van der Waals surface area contributed by atoms with E-state index >= 15 is 0 Å². The van der Waals surface area contributed by atoms with E-state index in [4.69, 9.17) is 0 Å². The molecule has 3 heteroatoms. The van der Waals surface area contributed by atoms with E-state index in [1.54, 1.807) is 0 Å². The molecule has 0 aromatic rings. The van der Waals surface area contributed by atoms with Crippen LogP contribution in [0.5, 0.6) is 0 Å². The van der Waals surface area contributed by atoms with E-state index in [2.05, 4.69) is 54.4 Å². The maximum absolute atomic E-state index is 3.60. The van der Waals surface area contributed by atoms with E-state index in [1.165, 1.54) is 31.6 Å². The molecule has 0 amide bonds. The topological polar surface area (TPSA) is 18.5 Å². The highest BCUT2D eigenvalue weighted by molar-refractivity contribution is 5.25. The Kier molecular flexibility index (Phi) is 4.98. The zero-order chi connectivity index (χ0) is 13.0. The molecule has 2 aliphatic rings. The summed E-state index contributed by atoms with van der Waals surface area (Å²) < 4.78 is 0. The van der Waals surface area contributed by atoms with Gasteiger partial charge in [-0.3, -0.25) is 0 Å². The van der Waals surface area contributed by atoms with E-state index in [-0.39, 0.29) is 0 Å². The van der Waals surface area contributed by atoms with Crippen LogP contribution in [0.15, 0.2) is 23.8 Å². The van der Waals surface area contributed by atoms with Crippen LogP contribution in [-0.2, 0) is 0 Å². The number of nitrogens with one attached hydrogen (secondary N) is 1. The Morgan fingerprint density at radius 2 is 2.17 bits per heavy atom. The molecular formula is C15H27N3. The smallest absolute Gasteiger partial charge is 0.0232 e. The van der Waals surface area contributed by atoms with E-state index < -0.39 is 0 Å². The third kappa shape index (κ3) is 3.67. The number of allylic oxidation sites excluding steroid dienone is 2. The van der Waals surface area contributed by atoms with Crippen LogP contribution in [0.25, 0.3) is 0 Å². The summed E-state index contributed by atoms with van der Waals surface area (Å²) in [4.78, 5) is 4.94. The van der Waals surface area contributed by atoms with Gasteiger partial charge in [0.05, 0.1) is 0 Å². The maximum Gasteiger partial charge on any atom is 0.0232 e. The summed E-state index contributed by atoms with van der Waals surface area (Å²) >= 11 is 0. The van der Waals surface area contributed by atoms with Crippen LogP contribution in [0.3, 0.4) is 0 Å². The largest absolute Gasteiger partial charge is 0.316 e. The lowest BCUT2D eigenvalue weighted by Gasteiger charge is -2.37. The first kappa shape index (κ1) is 13.8. The van der Waals surface area contributed by atoms with Gasteiger partial charge in [-0.05, 0) is 34.0 Å². The van der Waals surface area contributed by atoms with Gasteiger partial charge in [0.15, 0.2) is 0 Å². The number of nitrogens with zero attached hydrogens (tertiary/aromatic N) is 2. The van der Waals surface area contributed by atoms with Gasteiger partial charge in [0.25, 0.3) is 0 Å². The quantitative estimate of drug-likeness (QED) is 0.742. The standard InChI is InChI=1S/C15H27N3/c1-13-5-4-6-14(13)11-16-8-7-15-12-17(2)9-10-18(15)3/h4-6,14-16H,7-12H2,1-3H3. The Hall–Kier alpha value is -0.640. The summed E-state index contributed by atoms with van der Waals surface area (Å²) in [6, 6.07) is 0.715. The van der Waals surface area contributed by atoms with Crippen molar-refractivity contribution in [3.05, 3.63) is 23.8 Å². The molecule has 0 spiro atoms. The molecule has 0 radical (unpaired) electrons. The van der Waals surface area contributed by atoms with Crippen molar-refractivity contribution in [2.45, 2.75) is 19.4 Å². The summed E-state index contributed by atoms with van der Waals surface area (Å²) in [5.74, 6) is 0.622. The third-order valence-electron chi connectivity index (χ3n) is 4.29. The number of rotatable bonds is 5. The van der Waals surface area contributed by atoms with E-state index in [9.17, 15) is 0 Å². The maximum atomic E-state index is 3.60. The summed E-state index contributed by atoms with van der Waals surface area (Å²) in [5, 5.41) is 3.60. The van der Waals surface area contributed by atoms with Crippen LogP contribution in [0.2, 0.25) is 0 Å². The SMILES string of the molecule is CC1=CC=CC1CNCCC1CN(C)CCN1C. The molecule has 0 aromatic heterocycles. The second-order valence-electron chi connectivity index (χ2n) is 5.79. The molecule has 102 valence electrons.